The van der Waals surface area contributed by atoms with Crippen LogP contribution >= 0.6 is 0 Å². The summed E-state index contributed by atoms with van der Waals surface area (Å²) in [6, 6.07) is 0.714. The molecule has 1 saturated carbocycles. The number of fused-ring (bicyclic) bond motifs is 1. The van der Waals surface area contributed by atoms with Gasteiger partial charge in [0.2, 0.25) is 0 Å². The summed E-state index contributed by atoms with van der Waals surface area (Å²) in [6.45, 7) is 8.34. The molecule has 0 bridgehead atoms. The summed E-state index contributed by atoms with van der Waals surface area (Å²) >= 11 is 0. The predicted molar refractivity (Wildman–Crippen MR) is 83.4 cm³/mol. The maximum atomic E-state index is 4.76. The molecule has 2 fully saturated rings. The van der Waals surface area contributed by atoms with Gasteiger partial charge in [-0.2, -0.15) is 0 Å². The molecule has 4 heteroatoms. The second-order valence-corrected chi connectivity index (χ2v) is 6.19. The van der Waals surface area contributed by atoms with E-state index in [9.17, 15) is 0 Å². The highest BCUT2D eigenvalue weighted by Crippen LogP contribution is 2.39. The highest BCUT2D eigenvalue weighted by atomic mass is 15.3. The molecule has 1 aromatic heterocycles. The van der Waals surface area contributed by atoms with Crippen LogP contribution in [0, 0.1) is 19.8 Å². The monoisotopic (exact) mass is 274 g/mol. The molecule has 0 aromatic carbocycles. The standard InChI is InChI=1S/C16H26N4/c1-4-17-15-11(2)16(19-12(3)18-15)20-10-9-13-7-5-6-8-14(13)20/h13-14H,4-10H2,1-3H3,(H,17,18,19). The van der Waals surface area contributed by atoms with Crippen molar-refractivity contribution in [3.8, 4) is 0 Å². The lowest BCUT2D eigenvalue weighted by Gasteiger charge is -2.33. The van der Waals surface area contributed by atoms with Gasteiger partial charge in [-0.05, 0) is 46.0 Å². The molecule has 4 nitrogen and oxygen atoms in total. The molecule has 1 aliphatic carbocycles. The number of aryl methyl sites for hydroxylation is 1. The van der Waals surface area contributed by atoms with Gasteiger partial charge in [0.15, 0.2) is 0 Å². The minimum atomic E-state index is 0.714. The Bertz CT molecular complexity index is 486. The Morgan fingerprint density at radius 1 is 1.15 bits per heavy atom. The Labute approximate surface area is 122 Å². The maximum Gasteiger partial charge on any atom is 0.137 e. The van der Waals surface area contributed by atoms with E-state index in [1.54, 1.807) is 0 Å². The van der Waals surface area contributed by atoms with Crippen LogP contribution in [0.3, 0.4) is 0 Å². The SMILES string of the molecule is CCNc1nc(C)nc(N2CCC3CCCCC32)c1C. The number of nitrogens with zero attached hydrogens (tertiary/aromatic N) is 3. The number of hydrogen-bond acceptors (Lipinski definition) is 4. The number of anilines is 2. The molecule has 2 unspecified atom stereocenters. The van der Waals surface area contributed by atoms with Crippen molar-refractivity contribution in [2.75, 3.05) is 23.3 Å². The zero-order chi connectivity index (χ0) is 14.1. The molecule has 1 saturated heterocycles. The van der Waals surface area contributed by atoms with E-state index in [0.29, 0.717) is 6.04 Å². The molecule has 2 aliphatic rings. The third-order valence-corrected chi connectivity index (χ3v) is 4.86. The highest BCUT2D eigenvalue weighted by Gasteiger charge is 2.37. The summed E-state index contributed by atoms with van der Waals surface area (Å²) in [4.78, 5) is 11.9. The predicted octanol–water partition coefficient (Wildman–Crippen LogP) is 3.29. The smallest absolute Gasteiger partial charge is 0.137 e. The number of nitrogens with one attached hydrogen (secondary N) is 1. The van der Waals surface area contributed by atoms with Gasteiger partial charge in [-0.15, -0.1) is 0 Å². The van der Waals surface area contributed by atoms with Gasteiger partial charge in [-0.1, -0.05) is 12.8 Å². The highest BCUT2D eigenvalue weighted by molar-refractivity contribution is 5.59. The third-order valence-electron chi connectivity index (χ3n) is 4.86. The van der Waals surface area contributed by atoms with Gasteiger partial charge < -0.3 is 10.2 Å². The van der Waals surface area contributed by atoms with Gasteiger partial charge >= 0.3 is 0 Å². The normalized spacial score (nSPS) is 25.6. The molecule has 0 spiro atoms. The Kier molecular flexibility index (Phi) is 3.81. The van der Waals surface area contributed by atoms with Crippen LogP contribution in [-0.2, 0) is 0 Å². The van der Waals surface area contributed by atoms with Crippen LogP contribution in [0.25, 0.3) is 0 Å². The first-order chi connectivity index (χ1) is 9.70. The first kappa shape index (κ1) is 13.7. The molecule has 0 amide bonds. The fourth-order valence-electron chi connectivity index (χ4n) is 3.90. The largest absolute Gasteiger partial charge is 0.370 e. The number of rotatable bonds is 3. The molecule has 1 N–H and O–H groups in total. The van der Waals surface area contributed by atoms with E-state index in [2.05, 4.69) is 29.0 Å². The van der Waals surface area contributed by atoms with Gasteiger partial charge in [0.25, 0.3) is 0 Å². The number of hydrogen-bond donors (Lipinski definition) is 1. The first-order valence-electron chi connectivity index (χ1n) is 8.06. The van der Waals surface area contributed by atoms with Crippen LogP contribution in [0.5, 0.6) is 0 Å². The van der Waals surface area contributed by atoms with Crippen molar-refractivity contribution in [1.29, 1.82) is 0 Å². The van der Waals surface area contributed by atoms with Crippen LogP contribution in [0.1, 0.15) is 50.4 Å². The first-order valence-corrected chi connectivity index (χ1v) is 8.06. The molecule has 2 atom stereocenters. The van der Waals surface area contributed by atoms with Gasteiger partial charge in [-0.3, -0.25) is 0 Å². The quantitative estimate of drug-likeness (QED) is 0.918. The zero-order valence-electron chi connectivity index (χ0n) is 12.9. The van der Waals surface area contributed by atoms with Crippen molar-refractivity contribution in [3.63, 3.8) is 0 Å². The summed E-state index contributed by atoms with van der Waals surface area (Å²) < 4.78 is 0. The van der Waals surface area contributed by atoms with E-state index >= 15 is 0 Å². The van der Waals surface area contributed by atoms with Crippen LogP contribution in [0.15, 0.2) is 0 Å². The van der Waals surface area contributed by atoms with E-state index in [4.69, 9.17) is 4.98 Å². The van der Waals surface area contributed by atoms with Crippen LogP contribution < -0.4 is 10.2 Å². The molecular formula is C16H26N4. The molecular weight excluding hydrogens is 248 g/mol. The average Bonchev–Trinajstić information content (AvgIpc) is 2.86. The minimum Gasteiger partial charge on any atom is -0.370 e. The van der Waals surface area contributed by atoms with Gasteiger partial charge in [0.1, 0.15) is 17.5 Å². The van der Waals surface area contributed by atoms with E-state index in [-0.39, 0.29) is 0 Å². The van der Waals surface area contributed by atoms with Gasteiger partial charge in [-0.25, -0.2) is 9.97 Å². The van der Waals surface area contributed by atoms with Crippen molar-refractivity contribution in [2.24, 2.45) is 5.92 Å². The molecule has 20 heavy (non-hydrogen) atoms. The summed E-state index contributed by atoms with van der Waals surface area (Å²) in [5, 5.41) is 3.37. The van der Waals surface area contributed by atoms with Crippen molar-refractivity contribution in [1.82, 2.24) is 9.97 Å². The Morgan fingerprint density at radius 2 is 1.95 bits per heavy atom. The lowest BCUT2D eigenvalue weighted by Crippen LogP contribution is -2.36. The summed E-state index contributed by atoms with van der Waals surface area (Å²) in [5.41, 5.74) is 1.21. The molecule has 0 radical (unpaired) electrons. The summed E-state index contributed by atoms with van der Waals surface area (Å²) in [7, 11) is 0. The van der Waals surface area contributed by atoms with Crippen molar-refractivity contribution >= 4 is 11.6 Å². The Hall–Kier alpha value is -1.32. The topological polar surface area (TPSA) is 41.1 Å². The number of aromatic nitrogens is 2. The van der Waals surface area contributed by atoms with Gasteiger partial charge in [0, 0.05) is 24.7 Å². The summed E-state index contributed by atoms with van der Waals surface area (Å²) in [6.07, 6.45) is 6.87. The molecule has 1 aromatic rings. The maximum absolute atomic E-state index is 4.76. The van der Waals surface area contributed by atoms with E-state index in [0.717, 1.165) is 30.6 Å². The molecule has 2 heterocycles. The lowest BCUT2D eigenvalue weighted by atomic mass is 9.85. The van der Waals surface area contributed by atoms with E-state index in [1.165, 1.54) is 43.5 Å². The molecule has 110 valence electrons. The van der Waals surface area contributed by atoms with E-state index < -0.39 is 0 Å². The van der Waals surface area contributed by atoms with Crippen molar-refractivity contribution < 1.29 is 0 Å². The third kappa shape index (κ3) is 2.36. The second-order valence-electron chi connectivity index (χ2n) is 6.19. The molecule has 3 rings (SSSR count). The minimum absolute atomic E-state index is 0.714. The van der Waals surface area contributed by atoms with Crippen LogP contribution in [0.2, 0.25) is 0 Å². The fraction of sp³-hybridized carbons (Fsp3) is 0.750. The Balaban J connectivity index is 1.93. The van der Waals surface area contributed by atoms with E-state index in [1.807, 2.05) is 6.92 Å². The second kappa shape index (κ2) is 5.58. The fourth-order valence-corrected chi connectivity index (χ4v) is 3.90. The molecule has 1 aliphatic heterocycles. The van der Waals surface area contributed by atoms with Crippen LogP contribution in [-0.4, -0.2) is 29.1 Å². The average molecular weight is 274 g/mol. The van der Waals surface area contributed by atoms with Crippen molar-refractivity contribution in [2.45, 2.75) is 58.9 Å². The Morgan fingerprint density at radius 3 is 2.75 bits per heavy atom. The van der Waals surface area contributed by atoms with Crippen molar-refractivity contribution in [3.05, 3.63) is 11.4 Å². The van der Waals surface area contributed by atoms with Crippen LogP contribution in [0.4, 0.5) is 11.6 Å². The lowest BCUT2D eigenvalue weighted by molar-refractivity contribution is 0.341. The summed E-state index contributed by atoms with van der Waals surface area (Å²) in [5.74, 6) is 3.94. The zero-order valence-corrected chi connectivity index (χ0v) is 12.9. The van der Waals surface area contributed by atoms with Gasteiger partial charge in [0.05, 0.1) is 0 Å².